The van der Waals surface area contributed by atoms with Gasteiger partial charge in [0.25, 0.3) is 6.47 Å². The highest BCUT2D eigenvalue weighted by Crippen LogP contribution is 2.39. The Labute approximate surface area is 206 Å². The molecule has 182 valence electrons. The Morgan fingerprint density at radius 1 is 1.06 bits per heavy atom. The highest BCUT2D eigenvalue weighted by atomic mass is 16.5. The summed E-state index contributed by atoms with van der Waals surface area (Å²) in [5.74, 6) is 0.711. The number of hydrogen-bond acceptors (Lipinski definition) is 6. The van der Waals surface area contributed by atoms with Gasteiger partial charge in [-0.15, -0.1) is 0 Å². The number of para-hydroxylation sites is 1. The summed E-state index contributed by atoms with van der Waals surface area (Å²) >= 11 is 0. The molecule has 2 fully saturated rings. The molecule has 0 amide bonds. The van der Waals surface area contributed by atoms with Crippen molar-refractivity contribution in [1.29, 1.82) is 0 Å². The predicted octanol–water partition coefficient (Wildman–Crippen LogP) is 4.99. The van der Waals surface area contributed by atoms with E-state index in [2.05, 4.69) is 47.4 Å². The van der Waals surface area contributed by atoms with E-state index in [9.17, 15) is 4.79 Å². The molecule has 3 aromatic carbocycles. The summed E-state index contributed by atoms with van der Waals surface area (Å²) in [6, 6.07) is 22.7. The van der Waals surface area contributed by atoms with E-state index < -0.39 is 0 Å². The number of nitrogens with two attached hydrogens (primary N) is 1. The minimum Gasteiger partial charge on any atom is -0.488 e. The fourth-order valence-electron chi connectivity index (χ4n) is 4.93. The van der Waals surface area contributed by atoms with Gasteiger partial charge in [-0.1, -0.05) is 36.4 Å². The lowest BCUT2D eigenvalue weighted by atomic mass is 9.94. The Morgan fingerprint density at radius 2 is 1.91 bits per heavy atom. The highest BCUT2D eigenvalue weighted by Gasteiger charge is 2.44. The van der Waals surface area contributed by atoms with E-state index in [0.29, 0.717) is 18.8 Å². The Balaban J connectivity index is 1.44. The van der Waals surface area contributed by atoms with Gasteiger partial charge in [0.05, 0.1) is 12.2 Å². The van der Waals surface area contributed by atoms with Crippen LogP contribution in [0.2, 0.25) is 0 Å². The fourth-order valence-corrected chi connectivity index (χ4v) is 4.93. The van der Waals surface area contributed by atoms with Gasteiger partial charge in [-0.25, -0.2) is 0 Å². The van der Waals surface area contributed by atoms with Gasteiger partial charge in [-0.2, -0.15) is 0 Å². The van der Waals surface area contributed by atoms with Crippen molar-refractivity contribution in [3.8, 4) is 16.9 Å². The maximum absolute atomic E-state index is 10.7. The quantitative estimate of drug-likeness (QED) is 0.442. The van der Waals surface area contributed by atoms with Crippen LogP contribution in [-0.4, -0.2) is 31.8 Å². The van der Waals surface area contributed by atoms with Crippen LogP contribution in [0.25, 0.3) is 11.1 Å². The summed E-state index contributed by atoms with van der Waals surface area (Å²) in [5.41, 5.74) is 12.7. The third kappa shape index (κ3) is 5.19. The smallest absolute Gasteiger partial charge is 0.293 e. The molecular weight excluding hydrogens is 440 g/mol. The summed E-state index contributed by atoms with van der Waals surface area (Å²) in [4.78, 5) is 13.1. The molecule has 2 aliphatic rings. The lowest BCUT2D eigenvalue weighted by molar-refractivity contribution is -0.130. The first-order valence-electron chi connectivity index (χ1n) is 12.2. The largest absolute Gasteiger partial charge is 0.488 e. The van der Waals surface area contributed by atoms with E-state index in [-0.39, 0.29) is 18.2 Å². The third-order valence-electron chi connectivity index (χ3n) is 7.04. The van der Waals surface area contributed by atoms with Crippen molar-refractivity contribution in [2.75, 3.05) is 24.6 Å². The number of nitrogens with zero attached hydrogens (tertiary/aromatic N) is 1. The first-order valence-corrected chi connectivity index (χ1v) is 12.2. The van der Waals surface area contributed by atoms with Gasteiger partial charge in [-0.3, -0.25) is 4.79 Å². The van der Waals surface area contributed by atoms with Crippen LogP contribution >= 0.6 is 0 Å². The molecule has 5 rings (SSSR count). The third-order valence-corrected chi connectivity index (χ3v) is 7.04. The monoisotopic (exact) mass is 472 g/mol. The second-order valence-electron chi connectivity index (χ2n) is 9.56. The minimum absolute atomic E-state index is 0.0269. The van der Waals surface area contributed by atoms with Crippen molar-refractivity contribution >= 4 is 12.2 Å². The van der Waals surface area contributed by atoms with Gasteiger partial charge < -0.3 is 24.8 Å². The molecule has 1 spiro atoms. The summed E-state index contributed by atoms with van der Waals surface area (Å²) in [7, 11) is 0. The number of rotatable bonds is 9. The molecule has 0 aromatic heterocycles. The molecule has 2 saturated heterocycles. The van der Waals surface area contributed by atoms with Crippen molar-refractivity contribution in [3.05, 3.63) is 83.4 Å². The second kappa shape index (κ2) is 10.1. The fraction of sp³-hybridized carbons (Fsp3) is 0.345. The van der Waals surface area contributed by atoms with Crippen LogP contribution in [-0.2, 0) is 27.5 Å². The van der Waals surface area contributed by atoms with Gasteiger partial charge >= 0.3 is 0 Å². The maximum atomic E-state index is 10.7. The zero-order valence-corrected chi connectivity index (χ0v) is 20.1. The van der Waals surface area contributed by atoms with Gasteiger partial charge in [0.1, 0.15) is 19.0 Å². The number of hydrogen-bond donors (Lipinski definition) is 1. The van der Waals surface area contributed by atoms with Crippen molar-refractivity contribution in [2.45, 2.75) is 44.6 Å². The van der Waals surface area contributed by atoms with E-state index in [1.165, 1.54) is 5.69 Å². The predicted molar refractivity (Wildman–Crippen MR) is 136 cm³/mol. The second-order valence-corrected chi connectivity index (χ2v) is 9.56. The summed E-state index contributed by atoms with van der Waals surface area (Å²) in [5, 5.41) is 0. The van der Waals surface area contributed by atoms with Crippen LogP contribution in [0.4, 0.5) is 5.69 Å². The molecule has 1 unspecified atom stereocenters. The van der Waals surface area contributed by atoms with Crippen LogP contribution in [0.1, 0.15) is 42.5 Å². The van der Waals surface area contributed by atoms with Crippen LogP contribution in [0.3, 0.4) is 0 Å². The normalized spacial score (nSPS) is 19.9. The van der Waals surface area contributed by atoms with Gasteiger partial charge in [-0.05, 0) is 65.9 Å². The van der Waals surface area contributed by atoms with Crippen molar-refractivity contribution in [2.24, 2.45) is 5.73 Å². The molecule has 3 aromatic rings. The number of ether oxygens (including phenoxy) is 3. The molecule has 2 atom stereocenters. The first kappa shape index (κ1) is 23.4. The number of anilines is 1. The molecule has 6 heteroatoms. The lowest BCUT2D eigenvalue weighted by Gasteiger charge is -2.38. The zero-order chi connectivity index (χ0) is 24.3. The van der Waals surface area contributed by atoms with Crippen molar-refractivity contribution in [3.63, 3.8) is 0 Å². The SMILES string of the molecule is C[C@@H](N)c1cccc(-c2cc(COc3ccccc3COC=O)cc(N3CCC4(CCO4)C3)c2)c1. The Kier molecular flexibility index (Phi) is 6.75. The molecule has 2 aliphatic heterocycles. The minimum atomic E-state index is -0.0276. The summed E-state index contributed by atoms with van der Waals surface area (Å²) in [6.07, 6.45) is 2.20. The molecule has 0 bridgehead atoms. The average molecular weight is 473 g/mol. The van der Waals surface area contributed by atoms with Gasteiger partial charge in [0.2, 0.25) is 0 Å². The van der Waals surface area contributed by atoms with E-state index in [1.807, 2.05) is 31.2 Å². The Morgan fingerprint density at radius 3 is 2.66 bits per heavy atom. The topological polar surface area (TPSA) is 74.0 Å². The van der Waals surface area contributed by atoms with Crippen molar-refractivity contribution in [1.82, 2.24) is 0 Å². The molecule has 0 aliphatic carbocycles. The van der Waals surface area contributed by atoms with E-state index >= 15 is 0 Å². The Hall–Kier alpha value is -3.35. The van der Waals surface area contributed by atoms with E-state index in [4.69, 9.17) is 19.9 Å². The lowest BCUT2D eigenvalue weighted by Crippen LogP contribution is -2.45. The highest BCUT2D eigenvalue weighted by molar-refractivity contribution is 5.71. The molecule has 2 N–H and O–H groups in total. The Bertz CT molecular complexity index is 1190. The van der Waals surface area contributed by atoms with E-state index in [0.717, 1.165) is 60.4 Å². The molecule has 0 saturated carbocycles. The standard InChI is InChI=1S/C29H32N2O4/c1-21(30)23-6-4-7-24(15-23)26-13-22(17-34-28-8-3-2-5-25(28)18-33-20-32)14-27(16-26)31-11-9-29(19-31)10-12-35-29/h2-8,13-16,20-21H,9-12,17-19,30H2,1H3/t21-,29?/m1/s1. The van der Waals surface area contributed by atoms with Crippen molar-refractivity contribution < 1.29 is 19.0 Å². The van der Waals surface area contributed by atoms with E-state index in [1.54, 1.807) is 0 Å². The maximum Gasteiger partial charge on any atom is 0.293 e. The zero-order valence-electron chi connectivity index (χ0n) is 20.1. The molecule has 0 radical (unpaired) electrons. The van der Waals surface area contributed by atoms with Crippen LogP contribution < -0.4 is 15.4 Å². The van der Waals surface area contributed by atoms with Crippen LogP contribution in [0.5, 0.6) is 5.75 Å². The first-order chi connectivity index (χ1) is 17.0. The van der Waals surface area contributed by atoms with Crippen LogP contribution in [0, 0.1) is 0 Å². The van der Waals surface area contributed by atoms with Gasteiger partial charge in [0, 0.05) is 36.8 Å². The van der Waals surface area contributed by atoms with Gasteiger partial charge in [0.15, 0.2) is 0 Å². The summed E-state index contributed by atoms with van der Waals surface area (Å²) < 4.78 is 17.1. The molecule has 6 nitrogen and oxygen atoms in total. The van der Waals surface area contributed by atoms with Crippen LogP contribution in [0.15, 0.2) is 66.7 Å². The number of carbonyl (C=O) groups excluding carboxylic acids is 1. The molecule has 35 heavy (non-hydrogen) atoms. The summed E-state index contributed by atoms with van der Waals surface area (Å²) in [6.45, 7) is 5.81. The number of carbonyl (C=O) groups is 1. The number of benzene rings is 3. The molecule has 2 heterocycles. The average Bonchev–Trinajstić information content (AvgIpc) is 3.33. The molecular formula is C29H32N2O4.